The molecule has 1 aromatic rings. The molecule has 0 bridgehead atoms. The zero-order valence-corrected chi connectivity index (χ0v) is 9.99. The van der Waals surface area contributed by atoms with Crippen LogP contribution in [0.5, 0.6) is 0 Å². The summed E-state index contributed by atoms with van der Waals surface area (Å²) >= 11 is 0. The Kier molecular flexibility index (Phi) is 4.50. The molecule has 0 amide bonds. The second kappa shape index (κ2) is 5.66. The van der Waals surface area contributed by atoms with Crippen molar-refractivity contribution in [2.45, 2.75) is 33.3 Å². The predicted molar refractivity (Wildman–Crippen MR) is 62.4 cm³/mol. The van der Waals surface area contributed by atoms with E-state index < -0.39 is 6.10 Å². The van der Waals surface area contributed by atoms with Crippen LogP contribution in [0.1, 0.15) is 47.9 Å². The molecule has 0 aromatic heterocycles. The molecule has 0 heterocycles. The lowest BCUT2D eigenvalue weighted by atomic mass is 10.0. The van der Waals surface area contributed by atoms with Crippen LogP contribution in [0.2, 0.25) is 0 Å². The third kappa shape index (κ3) is 3.07. The van der Waals surface area contributed by atoms with Crippen LogP contribution in [0, 0.1) is 6.92 Å². The number of aryl methyl sites for hydroxylation is 1. The van der Waals surface area contributed by atoms with E-state index in [9.17, 15) is 9.90 Å². The van der Waals surface area contributed by atoms with E-state index >= 15 is 0 Å². The topological polar surface area (TPSA) is 46.5 Å². The van der Waals surface area contributed by atoms with Crippen LogP contribution in [-0.2, 0) is 4.74 Å². The van der Waals surface area contributed by atoms with Crippen LogP contribution in [-0.4, -0.2) is 17.7 Å². The van der Waals surface area contributed by atoms with Crippen molar-refractivity contribution < 1.29 is 14.6 Å². The Morgan fingerprint density at radius 1 is 1.50 bits per heavy atom. The number of carbonyl (C=O) groups is 1. The van der Waals surface area contributed by atoms with E-state index in [2.05, 4.69) is 0 Å². The van der Waals surface area contributed by atoms with Gasteiger partial charge >= 0.3 is 5.97 Å². The van der Waals surface area contributed by atoms with E-state index in [0.29, 0.717) is 12.2 Å². The molecule has 1 N–H and O–H groups in total. The van der Waals surface area contributed by atoms with E-state index in [1.54, 1.807) is 13.0 Å². The highest BCUT2D eigenvalue weighted by Crippen LogP contribution is 2.18. The molecular weight excluding hydrogens is 204 g/mol. The molecule has 0 saturated heterocycles. The predicted octanol–water partition coefficient (Wildman–Crippen LogP) is 2.62. The molecular formula is C13H18O3. The van der Waals surface area contributed by atoms with Crippen LogP contribution < -0.4 is 0 Å². The summed E-state index contributed by atoms with van der Waals surface area (Å²) in [4.78, 5) is 11.7. The molecule has 0 saturated carbocycles. The number of hydrogen-bond acceptors (Lipinski definition) is 3. The van der Waals surface area contributed by atoms with Gasteiger partial charge in [-0.15, -0.1) is 0 Å². The molecule has 1 unspecified atom stereocenters. The maximum absolute atomic E-state index is 11.7. The Morgan fingerprint density at radius 2 is 2.19 bits per heavy atom. The Balaban J connectivity index is 2.93. The molecule has 1 atom stereocenters. The monoisotopic (exact) mass is 222 g/mol. The van der Waals surface area contributed by atoms with Crippen molar-refractivity contribution in [3.63, 3.8) is 0 Å². The molecule has 0 fully saturated rings. The zero-order chi connectivity index (χ0) is 12.1. The second-order valence-corrected chi connectivity index (χ2v) is 3.89. The third-order valence-electron chi connectivity index (χ3n) is 2.40. The summed E-state index contributed by atoms with van der Waals surface area (Å²) in [7, 11) is 0. The number of ether oxygens (including phenoxy) is 1. The largest absolute Gasteiger partial charge is 0.462 e. The lowest BCUT2D eigenvalue weighted by Crippen LogP contribution is -2.08. The zero-order valence-electron chi connectivity index (χ0n) is 9.99. The van der Waals surface area contributed by atoms with Gasteiger partial charge in [0.05, 0.1) is 18.3 Å². The highest BCUT2D eigenvalue weighted by Gasteiger charge is 2.12. The highest BCUT2D eigenvalue weighted by molar-refractivity contribution is 5.91. The van der Waals surface area contributed by atoms with Crippen LogP contribution in [0.4, 0.5) is 0 Å². The second-order valence-electron chi connectivity index (χ2n) is 3.89. The molecule has 16 heavy (non-hydrogen) atoms. The van der Waals surface area contributed by atoms with Crippen LogP contribution in [0.15, 0.2) is 18.2 Å². The molecule has 0 aliphatic carbocycles. The van der Waals surface area contributed by atoms with E-state index in [0.717, 1.165) is 17.5 Å². The van der Waals surface area contributed by atoms with Crippen molar-refractivity contribution in [2.24, 2.45) is 0 Å². The quantitative estimate of drug-likeness (QED) is 0.796. The van der Waals surface area contributed by atoms with Crippen LogP contribution >= 0.6 is 0 Å². The van der Waals surface area contributed by atoms with E-state index in [4.69, 9.17) is 4.74 Å². The first-order valence-corrected chi connectivity index (χ1v) is 5.52. The molecule has 3 nitrogen and oxygen atoms in total. The van der Waals surface area contributed by atoms with Gasteiger partial charge in [0.25, 0.3) is 0 Å². The van der Waals surface area contributed by atoms with Gasteiger partial charge in [-0.2, -0.15) is 0 Å². The van der Waals surface area contributed by atoms with Crippen LogP contribution in [0.3, 0.4) is 0 Å². The lowest BCUT2D eigenvalue weighted by Gasteiger charge is -2.10. The van der Waals surface area contributed by atoms with Gasteiger partial charge < -0.3 is 9.84 Å². The van der Waals surface area contributed by atoms with Crippen molar-refractivity contribution in [3.8, 4) is 0 Å². The molecule has 1 rings (SSSR count). The smallest absolute Gasteiger partial charge is 0.338 e. The van der Waals surface area contributed by atoms with Crippen LogP contribution in [0.25, 0.3) is 0 Å². The van der Waals surface area contributed by atoms with Gasteiger partial charge in [-0.3, -0.25) is 0 Å². The number of aliphatic hydroxyl groups is 1. The average Bonchev–Trinajstić information content (AvgIpc) is 2.26. The fraction of sp³-hybridized carbons (Fsp3) is 0.462. The number of carbonyl (C=O) groups excluding carboxylic acids is 1. The summed E-state index contributed by atoms with van der Waals surface area (Å²) in [6.07, 6.45) is 0.235. The number of rotatable bonds is 4. The third-order valence-corrected chi connectivity index (χ3v) is 2.40. The van der Waals surface area contributed by atoms with Crippen molar-refractivity contribution in [3.05, 3.63) is 34.9 Å². The fourth-order valence-electron chi connectivity index (χ4n) is 1.39. The van der Waals surface area contributed by atoms with Gasteiger partial charge in [0.15, 0.2) is 0 Å². The minimum atomic E-state index is -0.571. The number of aliphatic hydroxyl groups excluding tert-OH is 1. The highest BCUT2D eigenvalue weighted by atomic mass is 16.5. The lowest BCUT2D eigenvalue weighted by molar-refractivity contribution is 0.0504. The van der Waals surface area contributed by atoms with Crippen molar-refractivity contribution in [2.75, 3.05) is 6.61 Å². The molecule has 0 radical (unpaired) electrons. The summed E-state index contributed by atoms with van der Waals surface area (Å²) in [6, 6.07) is 5.33. The minimum absolute atomic E-state index is 0.318. The molecule has 3 heteroatoms. The van der Waals surface area contributed by atoms with Crippen molar-refractivity contribution >= 4 is 5.97 Å². The SMILES string of the molecule is CCCOC(=O)c1cc(C(C)O)ccc1C. The first kappa shape index (κ1) is 12.7. The number of hydrogen-bond donors (Lipinski definition) is 1. The Bertz CT molecular complexity index is 369. The molecule has 0 spiro atoms. The van der Waals surface area contributed by atoms with Crippen molar-refractivity contribution in [1.82, 2.24) is 0 Å². The van der Waals surface area contributed by atoms with Gasteiger partial charge in [0.2, 0.25) is 0 Å². The first-order valence-electron chi connectivity index (χ1n) is 5.52. The summed E-state index contributed by atoms with van der Waals surface area (Å²) in [5.74, 6) is -0.318. The van der Waals surface area contributed by atoms with Gasteiger partial charge in [-0.1, -0.05) is 19.1 Å². The maximum atomic E-state index is 11.7. The van der Waals surface area contributed by atoms with E-state index in [1.807, 2.05) is 26.0 Å². The number of esters is 1. The van der Waals surface area contributed by atoms with Gasteiger partial charge in [-0.05, 0) is 37.5 Å². The molecule has 0 aliphatic heterocycles. The molecule has 1 aromatic carbocycles. The molecule has 88 valence electrons. The van der Waals surface area contributed by atoms with E-state index in [1.165, 1.54) is 0 Å². The van der Waals surface area contributed by atoms with Crippen molar-refractivity contribution in [1.29, 1.82) is 0 Å². The standard InChI is InChI=1S/C13H18O3/c1-4-7-16-13(15)12-8-11(10(3)14)6-5-9(12)2/h5-6,8,10,14H,4,7H2,1-3H3. The summed E-state index contributed by atoms with van der Waals surface area (Å²) < 4.78 is 5.07. The van der Waals surface area contributed by atoms with Gasteiger partial charge in [0.1, 0.15) is 0 Å². The van der Waals surface area contributed by atoms with Gasteiger partial charge in [-0.25, -0.2) is 4.79 Å². The Morgan fingerprint density at radius 3 is 2.75 bits per heavy atom. The fourth-order valence-corrected chi connectivity index (χ4v) is 1.39. The Labute approximate surface area is 96.1 Å². The average molecular weight is 222 g/mol. The first-order chi connectivity index (χ1) is 7.56. The molecule has 0 aliphatic rings. The summed E-state index contributed by atoms with van der Waals surface area (Å²) in [5, 5.41) is 9.44. The minimum Gasteiger partial charge on any atom is -0.462 e. The van der Waals surface area contributed by atoms with Gasteiger partial charge in [0, 0.05) is 0 Å². The number of benzene rings is 1. The summed E-state index contributed by atoms with van der Waals surface area (Å²) in [6.45, 7) is 5.91. The maximum Gasteiger partial charge on any atom is 0.338 e. The Hall–Kier alpha value is -1.35. The summed E-state index contributed by atoms with van der Waals surface area (Å²) in [5.41, 5.74) is 2.13. The normalized spacial score (nSPS) is 12.2. The van der Waals surface area contributed by atoms with E-state index in [-0.39, 0.29) is 5.97 Å².